The summed E-state index contributed by atoms with van der Waals surface area (Å²) >= 11 is 0. The molecular formula is C21H18F3N3O2. The topological polar surface area (TPSA) is 67.9 Å². The maximum atomic E-state index is 13.2. The molecule has 0 aromatic heterocycles. The first-order valence-electron chi connectivity index (χ1n) is 8.72. The number of hydrogen-bond acceptors (Lipinski definition) is 4. The van der Waals surface area contributed by atoms with Crippen molar-refractivity contribution in [1.29, 1.82) is 0 Å². The van der Waals surface area contributed by atoms with E-state index in [1.54, 1.807) is 24.3 Å². The van der Waals surface area contributed by atoms with Crippen molar-refractivity contribution in [1.82, 2.24) is 4.90 Å². The molecule has 5 nitrogen and oxygen atoms in total. The van der Waals surface area contributed by atoms with Gasteiger partial charge in [0.05, 0.1) is 0 Å². The maximum absolute atomic E-state index is 13.2. The van der Waals surface area contributed by atoms with Crippen LogP contribution in [-0.4, -0.2) is 37.1 Å². The number of aliphatic imine (C=N–C) groups is 1. The summed E-state index contributed by atoms with van der Waals surface area (Å²) in [6.45, 7) is -3.50. The Hall–Kier alpha value is -3.47. The molecule has 150 valence electrons. The number of hydrogen-bond donors (Lipinski definition) is 1. The fourth-order valence-electron chi connectivity index (χ4n) is 3.10. The van der Waals surface area contributed by atoms with E-state index in [1.165, 1.54) is 36.2 Å². The summed E-state index contributed by atoms with van der Waals surface area (Å²) in [5.41, 5.74) is 5.95. The normalized spacial score (nSPS) is 18.4. The van der Waals surface area contributed by atoms with Crippen LogP contribution < -0.4 is 10.5 Å². The van der Waals surface area contributed by atoms with Crippen LogP contribution >= 0.6 is 0 Å². The summed E-state index contributed by atoms with van der Waals surface area (Å²) in [6, 6.07) is 12.5. The highest BCUT2D eigenvalue weighted by Crippen LogP contribution is 2.40. The third kappa shape index (κ3) is 3.90. The Kier molecular flexibility index (Phi) is 5.78. The van der Waals surface area contributed by atoms with Gasteiger partial charge in [-0.1, -0.05) is 36.1 Å². The van der Waals surface area contributed by atoms with E-state index in [-0.39, 0.29) is 18.1 Å². The van der Waals surface area contributed by atoms with Crippen LogP contribution in [0.25, 0.3) is 0 Å². The molecule has 2 aromatic rings. The van der Waals surface area contributed by atoms with Crippen molar-refractivity contribution < 1.29 is 22.7 Å². The van der Waals surface area contributed by atoms with E-state index < -0.39 is 24.7 Å². The second-order valence-electron chi connectivity index (χ2n) is 6.27. The average molecular weight is 401 g/mol. The Labute approximate surface area is 166 Å². The quantitative estimate of drug-likeness (QED) is 0.784. The van der Waals surface area contributed by atoms with Gasteiger partial charge in [-0.25, -0.2) is 4.99 Å². The van der Waals surface area contributed by atoms with E-state index >= 15 is 0 Å². The van der Waals surface area contributed by atoms with Crippen molar-refractivity contribution in [2.45, 2.75) is 18.6 Å². The van der Waals surface area contributed by atoms with E-state index in [9.17, 15) is 18.0 Å². The number of carbonyl (C=O) groups is 1. The minimum atomic E-state index is -2.96. The largest absolute Gasteiger partial charge is 0.435 e. The molecule has 1 aliphatic rings. The minimum absolute atomic E-state index is 0.0248. The number of halogens is 3. The number of nitrogens with zero attached hydrogens (tertiary/aromatic N) is 2. The van der Waals surface area contributed by atoms with Gasteiger partial charge in [0, 0.05) is 19.0 Å². The van der Waals surface area contributed by atoms with Crippen LogP contribution in [0, 0.1) is 11.8 Å². The molecule has 29 heavy (non-hydrogen) atoms. The lowest BCUT2D eigenvalue weighted by Crippen LogP contribution is -2.41. The zero-order valence-electron chi connectivity index (χ0n) is 15.5. The summed E-state index contributed by atoms with van der Waals surface area (Å²) in [5.74, 6) is 5.14. The fourth-order valence-corrected chi connectivity index (χ4v) is 3.10. The molecule has 0 radical (unpaired) electrons. The Morgan fingerprint density at radius 3 is 2.52 bits per heavy atom. The van der Waals surface area contributed by atoms with Gasteiger partial charge in [0.15, 0.2) is 11.5 Å². The van der Waals surface area contributed by atoms with Crippen LogP contribution in [0.4, 0.5) is 13.2 Å². The predicted octanol–water partition coefficient (Wildman–Crippen LogP) is 3.03. The summed E-state index contributed by atoms with van der Waals surface area (Å²) in [6.07, 6.45) is 0.105. The van der Waals surface area contributed by atoms with E-state index in [4.69, 9.17) is 5.73 Å². The molecular weight excluding hydrogens is 383 g/mol. The summed E-state index contributed by atoms with van der Waals surface area (Å²) in [7, 11) is 1.50. The molecule has 8 heteroatoms. The molecule has 1 heterocycles. The van der Waals surface area contributed by atoms with Gasteiger partial charge in [-0.2, -0.15) is 8.78 Å². The monoisotopic (exact) mass is 401 g/mol. The van der Waals surface area contributed by atoms with Crippen molar-refractivity contribution in [2.75, 3.05) is 13.7 Å². The molecule has 2 N–H and O–H groups in total. The molecule has 1 unspecified atom stereocenters. The van der Waals surface area contributed by atoms with Crippen molar-refractivity contribution >= 4 is 11.9 Å². The van der Waals surface area contributed by atoms with Crippen molar-refractivity contribution in [3.8, 4) is 17.6 Å². The lowest BCUT2D eigenvalue weighted by atomic mass is 9.82. The first kappa shape index (κ1) is 20.3. The van der Waals surface area contributed by atoms with Gasteiger partial charge in [0.1, 0.15) is 12.4 Å². The van der Waals surface area contributed by atoms with Crippen LogP contribution in [0.5, 0.6) is 5.75 Å². The molecule has 2 aromatic carbocycles. The predicted molar refractivity (Wildman–Crippen MR) is 102 cm³/mol. The van der Waals surface area contributed by atoms with Crippen molar-refractivity contribution in [3.05, 3.63) is 65.2 Å². The molecule has 0 saturated heterocycles. The molecule has 0 bridgehead atoms. The molecule has 1 amide bonds. The number of rotatable bonds is 5. The third-order valence-corrected chi connectivity index (χ3v) is 4.47. The molecule has 3 rings (SSSR count). The number of likely N-dealkylation sites (N-methyl/N-ethyl adjacent to an activating group) is 1. The number of alkyl halides is 3. The molecule has 1 aliphatic heterocycles. The number of amides is 1. The third-order valence-electron chi connectivity index (χ3n) is 4.47. The minimum Gasteiger partial charge on any atom is -0.435 e. The number of guanidine groups is 1. The molecule has 0 aliphatic carbocycles. The van der Waals surface area contributed by atoms with E-state index in [0.717, 1.165) is 0 Å². The average Bonchev–Trinajstić information content (AvgIpc) is 2.93. The van der Waals surface area contributed by atoms with E-state index in [2.05, 4.69) is 21.6 Å². The molecule has 1 atom stereocenters. The highest BCUT2D eigenvalue weighted by atomic mass is 19.3. The molecule has 0 spiro atoms. The van der Waals surface area contributed by atoms with Gasteiger partial charge in [-0.15, -0.1) is 0 Å². The summed E-state index contributed by atoms with van der Waals surface area (Å²) in [4.78, 5) is 18.8. The zero-order chi connectivity index (χ0) is 21.0. The smallest absolute Gasteiger partial charge is 0.387 e. The zero-order valence-corrected chi connectivity index (χ0v) is 15.5. The van der Waals surface area contributed by atoms with Crippen LogP contribution in [0.15, 0.2) is 53.5 Å². The van der Waals surface area contributed by atoms with Crippen molar-refractivity contribution in [2.24, 2.45) is 10.7 Å². The number of ether oxygens (including phenoxy) is 1. The van der Waals surface area contributed by atoms with Crippen LogP contribution in [0.2, 0.25) is 0 Å². The Morgan fingerprint density at radius 2 is 1.93 bits per heavy atom. The van der Waals surface area contributed by atoms with E-state index in [1.807, 2.05) is 0 Å². The highest BCUT2D eigenvalue weighted by Gasteiger charge is 2.49. The van der Waals surface area contributed by atoms with Gasteiger partial charge in [-0.05, 0) is 35.4 Å². The molecule has 0 saturated carbocycles. The first-order valence-corrected chi connectivity index (χ1v) is 8.72. The van der Waals surface area contributed by atoms with Gasteiger partial charge < -0.3 is 10.5 Å². The van der Waals surface area contributed by atoms with Gasteiger partial charge in [-0.3, -0.25) is 14.1 Å². The van der Waals surface area contributed by atoms with Gasteiger partial charge >= 0.3 is 6.61 Å². The number of carbonyl (C=O) groups excluding carboxylic acids is 1. The number of nitrogens with two attached hydrogens (primary N) is 1. The Morgan fingerprint density at radius 1 is 1.21 bits per heavy atom. The second kappa shape index (κ2) is 8.27. The SMILES string of the molecule is CN1C(=O)C(c2ccc(OC(F)F)cc2)(c2cccc(C#CCCF)c2)N=C1N. The van der Waals surface area contributed by atoms with E-state index in [0.29, 0.717) is 16.7 Å². The standard InChI is InChI=1S/C21H18F3N3O2/c1-27-18(28)21(26-20(27)25,15-8-10-17(11-9-15)29-19(23)24)16-7-4-6-14(13-16)5-2-3-12-22/h4,6-11,13,19H,3,12H2,1H3,(H2,25,26). The second-order valence-corrected chi connectivity index (χ2v) is 6.27. The van der Waals surface area contributed by atoms with Gasteiger partial charge in [0.25, 0.3) is 5.91 Å². The first-order chi connectivity index (χ1) is 13.9. The lowest BCUT2D eigenvalue weighted by molar-refractivity contribution is -0.129. The van der Waals surface area contributed by atoms with Crippen LogP contribution in [0.1, 0.15) is 23.1 Å². The Bertz CT molecular complexity index is 996. The number of benzene rings is 2. The Balaban J connectivity index is 2.11. The van der Waals surface area contributed by atoms with Gasteiger partial charge in [0.2, 0.25) is 0 Å². The van der Waals surface area contributed by atoms with Crippen LogP contribution in [-0.2, 0) is 10.3 Å². The lowest BCUT2D eigenvalue weighted by Gasteiger charge is -2.26. The van der Waals surface area contributed by atoms with Crippen LogP contribution in [0.3, 0.4) is 0 Å². The molecule has 0 fully saturated rings. The highest BCUT2D eigenvalue weighted by molar-refractivity contribution is 6.08. The summed E-state index contributed by atoms with van der Waals surface area (Å²) < 4.78 is 41.6. The maximum Gasteiger partial charge on any atom is 0.387 e. The van der Waals surface area contributed by atoms with Crippen molar-refractivity contribution in [3.63, 3.8) is 0 Å². The fraction of sp³-hybridized carbons (Fsp3) is 0.238. The summed E-state index contributed by atoms with van der Waals surface area (Å²) in [5, 5.41) is 0.